The van der Waals surface area contributed by atoms with E-state index in [1.807, 2.05) is 0 Å². The molecule has 0 spiro atoms. The first-order valence-corrected chi connectivity index (χ1v) is 5.59. The second-order valence-electron chi connectivity index (χ2n) is 3.58. The van der Waals surface area contributed by atoms with Crippen LogP contribution in [0.25, 0.3) is 0 Å². The van der Waals surface area contributed by atoms with Gasteiger partial charge in [-0.3, -0.25) is 0 Å². The van der Waals surface area contributed by atoms with Gasteiger partial charge in [0.25, 0.3) is 0 Å². The monoisotopic (exact) mass is 239 g/mol. The number of fused-ring (bicyclic) bond motifs is 1. The predicted molar refractivity (Wildman–Crippen MR) is 59.0 cm³/mol. The molecule has 0 saturated carbocycles. The number of rotatable bonds is 2. The van der Waals surface area contributed by atoms with E-state index in [0.717, 1.165) is 6.54 Å². The Balaban J connectivity index is 2.16. The van der Waals surface area contributed by atoms with E-state index in [1.165, 1.54) is 28.4 Å². The van der Waals surface area contributed by atoms with Crippen LogP contribution in [0.15, 0.2) is 22.7 Å². The number of hydrogen-bond acceptors (Lipinski definition) is 1. The van der Waals surface area contributed by atoms with Crippen LogP contribution in [0.4, 0.5) is 0 Å². The van der Waals surface area contributed by atoms with Crippen LogP contribution in [0.2, 0.25) is 0 Å². The maximum atomic E-state index is 3.50. The van der Waals surface area contributed by atoms with Crippen LogP contribution < -0.4 is 5.32 Å². The Morgan fingerprint density at radius 1 is 1.38 bits per heavy atom. The molecule has 1 atom stereocenters. The molecule has 13 heavy (non-hydrogen) atoms. The third kappa shape index (κ3) is 1.94. The van der Waals surface area contributed by atoms with Gasteiger partial charge in [0, 0.05) is 10.5 Å². The molecule has 70 valence electrons. The summed E-state index contributed by atoms with van der Waals surface area (Å²) < 4.78 is 1.20. The Morgan fingerprint density at radius 3 is 2.92 bits per heavy atom. The van der Waals surface area contributed by atoms with E-state index in [-0.39, 0.29) is 0 Å². The van der Waals surface area contributed by atoms with Crippen molar-refractivity contribution < 1.29 is 0 Å². The van der Waals surface area contributed by atoms with Gasteiger partial charge >= 0.3 is 0 Å². The van der Waals surface area contributed by atoms with Gasteiger partial charge in [0.15, 0.2) is 0 Å². The minimum Gasteiger partial charge on any atom is -0.314 e. The molecule has 0 radical (unpaired) electrons. The van der Waals surface area contributed by atoms with Crippen LogP contribution in [0.3, 0.4) is 0 Å². The normalized spacial score (nSPS) is 20.3. The van der Waals surface area contributed by atoms with E-state index in [0.29, 0.717) is 6.04 Å². The molecule has 1 aromatic rings. The van der Waals surface area contributed by atoms with Gasteiger partial charge in [-0.1, -0.05) is 28.9 Å². The maximum absolute atomic E-state index is 3.50. The molecule has 1 aliphatic carbocycles. The number of nitrogens with one attached hydrogen (secondary N) is 1. The van der Waals surface area contributed by atoms with Gasteiger partial charge < -0.3 is 5.32 Å². The largest absolute Gasteiger partial charge is 0.314 e. The van der Waals surface area contributed by atoms with Gasteiger partial charge in [-0.05, 0) is 42.6 Å². The van der Waals surface area contributed by atoms with Crippen molar-refractivity contribution in [1.29, 1.82) is 0 Å². The average Bonchev–Trinajstić information content (AvgIpc) is 2.46. The molecule has 0 saturated heterocycles. The van der Waals surface area contributed by atoms with Gasteiger partial charge in [0.1, 0.15) is 0 Å². The summed E-state index contributed by atoms with van der Waals surface area (Å²) in [4.78, 5) is 0. The van der Waals surface area contributed by atoms with Crippen molar-refractivity contribution >= 4 is 15.9 Å². The van der Waals surface area contributed by atoms with Gasteiger partial charge in [0.05, 0.1) is 0 Å². The van der Waals surface area contributed by atoms with Crippen LogP contribution in [0.5, 0.6) is 0 Å². The van der Waals surface area contributed by atoms with Crippen molar-refractivity contribution in [2.24, 2.45) is 0 Å². The van der Waals surface area contributed by atoms with Crippen LogP contribution >= 0.6 is 15.9 Å². The third-order valence-electron chi connectivity index (χ3n) is 2.59. The lowest BCUT2D eigenvalue weighted by Gasteiger charge is -2.08. The lowest BCUT2D eigenvalue weighted by molar-refractivity contribution is 0.552. The summed E-state index contributed by atoms with van der Waals surface area (Å²) in [5.74, 6) is 0. The number of benzene rings is 1. The lowest BCUT2D eigenvalue weighted by atomic mass is 10.1. The van der Waals surface area contributed by atoms with Crippen molar-refractivity contribution in [2.45, 2.75) is 25.8 Å². The Labute approximate surface area is 87.7 Å². The number of halogens is 1. The molecule has 2 heteroatoms. The van der Waals surface area contributed by atoms with E-state index in [2.05, 4.69) is 46.4 Å². The smallest absolute Gasteiger partial charge is 0.0178 e. The zero-order chi connectivity index (χ0) is 9.26. The molecule has 0 heterocycles. The number of likely N-dealkylation sites (N-methyl/N-ethyl adjacent to an activating group) is 1. The highest BCUT2D eigenvalue weighted by molar-refractivity contribution is 9.10. The molecule has 1 aromatic carbocycles. The zero-order valence-corrected chi connectivity index (χ0v) is 9.39. The minimum absolute atomic E-state index is 0.661. The number of hydrogen-bond donors (Lipinski definition) is 1. The van der Waals surface area contributed by atoms with Crippen molar-refractivity contribution in [3.63, 3.8) is 0 Å². The topological polar surface area (TPSA) is 12.0 Å². The first-order chi connectivity index (χ1) is 6.29. The lowest BCUT2D eigenvalue weighted by Crippen LogP contribution is -2.28. The first kappa shape index (κ1) is 9.22. The average molecular weight is 240 g/mol. The van der Waals surface area contributed by atoms with Crippen molar-refractivity contribution in [3.05, 3.63) is 33.8 Å². The minimum atomic E-state index is 0.661. The standard InChI is InChI=1S/C11H14BrN/c1-2-13-11-6-8-3-4-10(12)5-9(8)7-11/h3-5,11,13H,2,6-7H2,1H3. The fourth-order valence-electron chi connectivity index (χ4n) is 2.02. The Bertz CT molecular complexity index is 309. The fraction of sp³-hybridized carbons (Fsp3) is 0.455. The highest BCUT2D eigenvalue weighted by atomic mass is 79.9. The fourth-order valence-corrected chi connectivity index (χ4v) is 2.43. The summed E-state index contributed by atoms with van der Waals surface area (Å²) in [6.07, 6.45) is 2.37. The molecule has 0 aliphatic heterocycles. The van der Waals surface area contributed by atoms with Crippen LogP contribution in [0.1, 0.15) is 18.1 Å². The van der Waals surface area contributed by atoms with Gasteiger partial charge in [-0.2, -0.15) is 0 Å². The Hall–Kier alpha value is -0.340. The molecule has 2 rings (SSSR count). The second kappa shape index (κ2) is 3.81. The third-order valence-corrected chi connectivity index (χ3v) is 3.09. The van der Waals surface area contributed by atoms with E-state index >= 15 is 0 Å². The highest BCUT2D eigenvalue weighted by Gasteiger charge is 2.19. The molecule has 1 unspecified atom stereocenters. The van der Waals surface area contributed by atoms with E-state index in [9.17, 15) is 0 Å². The van der Waals surface area contributed by atoms with Gasteiger partial charge in [0.2, 0.25) is 0 Å². The van der Waals surface area contributed by atoms with Crippen molar-refractivity contribution in [2.75, 3.05) is 6.54 Å². The SMILES string of the molecule is CCNC1Cc2ccc(Br)cc2C1. The summed E-state index contributed by atoms with van der Waals surface area (Å²) in [7, 11) is 0. The maximum Gasteiger partial charge on any atom is 0.0178 e. The molecule has 1 N–H and O–H groups in total. The van der Waals surface area contributed by atoms with Crippen molar-refractivity contribution in [1.82, 2.24) is 5.32 Å². The summed E-state index contributed by atoms with van der Waals surface area (Å²) in [5, 5.41) is 3.50. The van der Waals surface area contributed by atoms with Crippen LogP contribution in [-0.2, 0) is 12.8 Å². The zero-order valence-electron chi connectivity index (χ0n) is 7.81. The molecule has 0 amide bonds. The highest BCUT2D eigenvalue weighted by Crippen LogP contribution is 2.25. The predicted octanol–water partition coefficient (Wildman–Crippen LogP) is 2.53. The first-order valence-electron chi connectivity index (χ1n) is 4.80. The summed E-state index contributed by atoms with van der Waals surface area (Å²) >= 11 is 3.50. The van der Waals surface area contributed by atoms with E-state index < -0.39 is 0 Å². The molecule has 0 aromatic heterocycles. The molecule has 1 nitrogen and oxygen atoms in total. The van der Waals surface area contributed by atoms with Crippen molar-refractivity contribution in [3.8, 4) is 0 Å². The molecular weight excluding hydrogens is 226 g/mol. The quantitative estimate of drug-likeness (QED) is 0.837. The van der Waals surface area contributed by atoms with Crippen LogP contribution in [-0.4, -0.2) is 12.6 Å². The molecule has 0 fully saturated rings. The summed E-state index contributed by atoms with van der Waals surface area (Å²) in [6.45, 7) is 3.23. The van der Waals surface area contributed by atoms with Gasteiger partial charge in [-0.25, -0.2) is 0 Å². The van der Waals surface area contributed by atoms with E-state index in [1.54, 1.807) is 0 Å². The molecular formula is C11H14BrN. The van der Waals surface area contributed by atoms with E-state index in [4.69, 9.17) is 0 Å². The second-order valence-corrected chi connectivity index (χ2v) is 4.49. The molecule has 1 aliphatic rings. The Kier molecular flexibility index (Phi) is 2.70. The Morgan fingerprint density at radius 2 is 2.15 bits per heavy atom. The summed E-state index contributed by atoms with van der Waals surface area (Å²) in [6, 6.07) is 7.27. The molecule has 0 bridgehead atoms. The van der Waals surface area contributed by atoms with Gasteiger partial charge in [-0.15, -0.1) is 0 Å². The van der Waals surface area contributed by atoms with Crippen LogP contribution in [0, 0.1) is 0 Å². The summed E-state index contributed by atoms with van der Waals surface area (Å²) in [5.41, 5.74) is 3.01.